The highest BCUT2D eigenvalue weighted by Crippen LogP contribution is 2.32. The fraction of sp³-hybridized carbons (Fsp3) is 0. The van der Waals surface area contributed by atoms with E-state index in [1.54, 1.807) is 0 Å². The largest absolute Gasteiger partial charge is 0.371 e. The lowest BCUT2D eigenvalue weighted by Gasteiger charge is -2.09. The van der Waals surface area contributed by atoms with Crippen LogP contribution < -0.4 is 4.18 Å². The summed E-state index contributed by atoms with van der Waals surface area (Å²) >= 11 is 8.93. The van der Waals surface area contributed by atoms with E-state index in [9.17, 15) is 22.9 Å². The lowest BCUT2D eigenvalue weighted by Crippen LogP contribution is -2.11. The van der Waals surface area contributed by atoms with Crippen molar-refractivity contribution < 1.29 is 21.9 Å². The minimum atomic E-state index is -4.46. The molecule has 0 unspecified atom stereocenters. The summed E-state index contributed by atoms with van der Waals surface area (Å²) in [6, 6.07) is 6.13. The monoisotopic (exact) mass is 409 g/mol. The Kier molecular flexibility index (Phi) is 4.69. The van der Waals surface area contributed by atoms with Crippen LogP contribution >= 0.6 is 27.5 Å². The third-order valence-electron chi connectivity index (χ3n) is 2.48. The molecule has 10 heteroatoms. The molecule has 0 saturated heterocycles. The second kappa shape index (κ2) is 6.19. The normalized spacial score (nSPS) is 11.2. The molecular weight excluding hydrogens is 405 g/mol. The minimum Gasteiger partial charge on any atom is -0.371 e. The molecule has 0 radical (unpaired) electrons. The SMILES string of the molecule is O=[N+]([O-])c1ccc(F)cc1OS(=O)(=O)c1ccc(Br)cc1Cl. The maximum atomic E-state index is 13.2. The van der Waals surface area contributed by atoms with Gasteiger partial charge in [0.2, 0.25) is 5.75 Å². The Labute approximate surface area is 137 Å². The smallest absolute Gasteiger partial charge is 0.340 e. The van der Waals surface area contributed by atoms with Gasteiger partial charge in [0, 0.05) is 16.6 Å². The molecule has 116 valence electrons. The van der Waals surface area contributed by atoms with E-state index in [0.29, 0.717) is 10.5 Å². The molecule has 0 heterocycles. The molecule has 0 bridgehead atoms. The summed E-state index contributed by atoms with van der Waals surface area (Å²) in [6.07, 6.45) is 0. The van der Waals surface area contributed by atoms with Crippen LogP contribution in [0.5, 0.6) is 5.75 Å². The van der Waals surface area contributed by atoms with Crippen molar-refractivity contribution in [3.05, 3.63) is 61.8 Å². The number of rotatable bonds is 4. The predicted octanol–water partition coefficient (Wildman–Crippen LogP) is 3.92. The van der Waals surface area contributed by atoms with Gasteiger partial charge in [0.1, 0.15) is 10.7 Å². The van der Waals surface area contributed by atoms with Crippen LogP contribution in [0.4, 0.5) is 10.1 Å². The number of halogens is 3. The molecule has 2 aromatic carbocycles. The molecule has 0 atom stereocenters. The molecule has 0 amide bonds. The molecule has 0 aliphatic carbocycles. The number of nitro benzene ring substituents is 1. The molecule has 22 heavy (non-hydrogen) atoms. The van der Waals surface area contributed by atoms with Crippen molar-refractivity contribution in [1.29, 1.82) is 0 Å². The third-order valence-corrected chi connectivity index (χ3v) is 4.69. The van der Waals surface area contributed by atoms with Crippen molar-refractivity contribution >= 4 is 43.3 Å². The van der Waals surface area contributed by atoms with Gasteiger partial charge in [0.15, 0.2) is 0 Å². The Balaban J connectivity index is 2.49. The number of nitrogens with zero attached hydrogens (tertiary/aromatic N) is 1. The molecule has 0 spiro atoms. The predicted molar refractivity (Wildman–Crippen MR) is 80.0 cm³/mol. The molecule has 0 aromatic heterocycles. The van der Waals surface area contributed by atoms with Gasteiger partial charge in [-0.15, -0.1) is 0 Å². The highest BCUT2D eigenvalue weighted by Gasteiger charge is 2.25. The maximum Gasteiger partial charge on any atom is 0.340 e. The Morgan fingerprint density at radius 1 is 1.23 bits per heavy atom. The quantitative estimate of drug-likeness (QED) is 0.433. The second-order valence-corrected chi connectivity index (χ2v) is 6.82. The van der Waals surface area contributed by atoms with Crippen molar-refractivity contribution in [2.45, 2.75) is 4.90 Å². The summed E-state index contributed by atoms with van der Waals surface area (Å²) in [5.41, 5.74) is -0.682. The van der Waals surface area contributed by atoms with E-state index in [1.807, 2.05) is 0 Å². The van der Waals surface area contributed by atoms with Crippen LogP contribution in [-0.2, 0) is 10.1 Å². The van der Waals surface area contributed by atoms with Crippen LogP contribution in [0.2, 0.25) is 5.02 Å². The minimum absolute atomic E-state index is 0.145. The Hall–Kier alpha value is -1.71. The van der Waals surface area contributed by atoms with Crippen molar-refractivity contribution in [3.8, 4) is 5.75 Å². The molecule has 2 aromatic rings. The second-order valence-electron chi connectivity index (χ2n) is 3.98. The van der Waals surface area contributed by atoms with E-state index in [1.165, 1.54) is 12.1 Å². The van der Waals surface area contributed by atoms with Crippen molar-refractivity contribution in [2.75, 3.05) is 0 Å². The molecule has 0 fully saturated rings. The van der Waals surface area contributed by atoms with Gasteiger partial charge in [0.25, 0.3) is 0 Å². The summed E-state index contributed by atoms with van der Waals surface area (Å²) in [4.78, 5) is 9.57. The van der Waals surface area contributed by atoms with E-state index in [2.05, 4.69) is 20.1 Å². The summed E-state index contributed by atoms with van der Waals surface area (Å²) in [6.45, 7) is 0. The van der Waals surface area contributed by atoms with Gasteiger partial charge in [-0.05, 0) is 24.3 Å². The molecule has 0 aliphatic rings. The zero-order chi connectivity index (χ0) is 16.5. The fourth-order valence-corrected chi connectivity index (χ4v) is 3.50. The highest BCUT2D eigenvalue weighted by molar-refractivity contribution is 9.10. The Bertz CT molecular complexity index is 859. The van der Waals surface area contributed by atoms with E-state index in [4.69, 9.17) is 11.6 Å². The third kappa shape index (κ3) is 3.54. The Morgan fingerprint density at radius 2 is 1.91 bits per heavy atom. The fourth-order valence-electron chi connectivity index (χ4n) is 1.55. The van der Waals surface area contributed by atoms with Gasteiger partial charge in [-0.1, -0.05) is 27.5 Å². The van der Waals surface area contributed by atoms with E-state index < -0.39 is 37.2 Å². The van der Waals surface area contributed by atoms with Crippen LogP contribution in [-0.4, -0.2) is 13.3 Å². The zero-order valence-electron chi connectivity index (χ0n) is 10.5. The van der Waals surface area contributed by atoms with Gasteiger partial charge in [-0.2, -0.15) is 8.42 Å². The summed E-state index contributed by atoms with van der Waals surface area (Å²) < 4.78 is 42.7. The van der Waals surface area contributed by atoms with Crippen LogP contribution in [0.25, 0.3) is 0 Å². The molecule has 0 N–H and O–H groups in total. The molecule has 6 nitrogen and oxygen atoms in total. The van der Waals surface area contributed by atoms with Gasteiger partial charge < -0.3 is 4.18 Å². The van der Waals surface area contributed by atoms with Crippen LogP contribution in [0.1, 0.15) is 0 Å². The zero-order valence-corrected chi connectivity index (χ0v) is 13.7. The summed E-state index contributed by atoms with van der Waals surface area (Å²) in [5, 5.41) is 10.7. The van der Waals surface area contributed by atoms with E-state index in [0.717, 1.165) is 18.2 Å². The first kappa shape index (κ1) is 16.7. The highest BCUT2D eigenvalue weighted by atomic mass is 79.9. The van der Waals surface area contributed by atoms with Crippen LogP contribution in [0.15, 0.2) is 45.8 Å². The molecule has 0 saturated carbocycles. The number of nitro groups is 1. The molecule has 2 rings (SSSR count). The molecule has 0 aliphatic heterocycles. The van der Waals surface area contributed by atoms with Gasteiger partial charge in [0.05, 0.1) is 9.95 Å². The summed E-state index contributed by atoms with van der Waals surface area (Å²) in [7, 11) is -4.46. The Morgan fingerprint density at radius 3 is 2.50 bits per heavy atom. The van der Waals surface area contributed by atoms with Gasteiger partial charge in [-0.25, -0.2) is 4.39 Å². The molecular formula is C12H6BrClFNO5S. The van der Waals surface area contributed by atoms with E-state index >= 15 is 0 Å². The first-order chi connectivity index (χ1) is 10.2. The first-order valence-corrected chi connectivity index (χ1v) is 8.12. The maximum absolute atomic E-state index is 13.2. The van der Waals surface area contributed by atoms with E-state index in [-0.39, 0.29) is 5.02 Å². The standard InChI is InChI=1S/C12H6BrClFNO5S/c13-7-1-4-12(9(14)5-7)22(19,20)21-11-6-8(15)2-3-10(11)16(17)18/h1-6H. The van der Waals surface area contributed by atoms with Crippen LogP contribution in [0.3, 0.4) is 0 Å². The van der Waals surface area contributed by atoms with Crippen LogP contribution in [0, 0.1) is 15.9 Å². The number of hydrogen-bond donors (Lipinski definition) is 0. The van der Waals surface area contributed by atoms with Gasteiger partial charge >= 0.3 is 15.8 Å². The number of hydrogen-bond acceptors (Lipinski definition) is 5. The van der Waals surface area contributed by atoms with Crippen molar-refractivity contribution in [1.82, 2.24) is 0 Å². The first-order valence-electron chi connectivity index (χ1n) is 5.54. The van der Waals surface area contributed by atoms with Gasteiger partial charge in [-0.3, -0.25) is 10.1 Å². The topological polar surface area (TPSA) is 86.5 Å². The average Bonchev–Trinajstić information content (AvgIpc) is 2.37. The van der Waals surface area contributed by atoms with Crippen molar-refractivity contribution in [3.63, 3.8) is 0 Å². The summed E-state index contributed by atoms with van der Waals surface area (Å²) in [5.74, 6) is -1.61. The average molecular weight is 411 g/mol. The lowest BCUT2D eigenvalue weighted by molar-refractivity contribution is -0.385. The lowest BCUT2D eigenvalue weighted by atomic mass is 10.3. The van der Waals surface area contributed by atoms with Crippen molar-refractivity contribution in [2.24, 2.45) is 0 Å². The number of benzene rings is 2.